The SMILES string of the molecule is CCCC[Si](C)(C)O[Si](C)(C)CCCC1CO1. The van der Waals surface area contributed by atoms with Gasteiger partial charge in [-0.3, -0.25) is 0 Å². The van der Waals surface area contributed by atoms with Crippen molar-refractivity contribution < 1.29 is 8.85 Å². The Morgan fingerprint density at radius 3 is 2.06 bits per heavy atom. The molecule has 0 spiro atoms. The topological polar surface area (TPSA) is 21.8 Å². The Bertz CT molecular complexity index is 225. The summed E-state index contributed by atoms with van der Waals surface area (Å²) in [5, 5.41) is 0. The first-order valence-corrected chi connectivity index (χ1v) is 13.4. The fourth-order valence-electron chi connectivity index (χ4n) is 2.44. The summed E-state index contributed by atoms with van der Waals surface area (Å²) in [7, 11) is -2.81. The molecule has 1 rings (SSSR count). The Hall–Kier alpha value is 0.354. The Balaban J connectivity index is 2.24. The Kier molecular flexibility index (Phi) is 5.89. The number of hydrogen-bond donors (Lipinski definition) is 0. The molecule has 17 heavy (non-hydrogen) atoms. The lowest BCUT2D eigenvalue weighted by molar-refractivity contribution is 0.393. The van der Waals surface area contributed by atoms with Gasteiger partial charge in [0, 0.05) is 0 Å². The van der Waals surface area contributed by atoms with Gasteiger partial charge in [-0.05, 0) is 44.7 Å². The maximum atomic E-state index is 6.57. The average molecular weight is 275 g/mol. The molecule has 0 bridgehead atoms. The Morgan fingerprint density at radius 1 is 1.06 bits per heavy atom. The van der Waals surface area contributed by atoms with Crippen LogP contribution in [0.4, 0.5) is 0 Å². The van der Waals surface area contributed by atoms with Crippen LogP contribution in [-0.4, -0.2) is 29.3 Å². The number of ether oxygens (including phenoxy) is 1. The number of epoxide rings is 1. The van der Waals surface area contributed by atoms with Gasteiger partial charge in [0.2, 0.25) is 0 Å². The summed E-state index contributed by atoms with van der Waals surface area (Å²) >= 11 is 0. The highest BCUT2D eigenvalue weighted by atomic mass is 28.4. The summed E-state index contributed by atoms with van der Waals surface area (Å²) in [6, 6.07) is 2.63. The van der Waals surface area contributed by atoms with Crippen LogP contribution < -0.4 is 0 Å². The van der Waals surface area contributed by atoms with E-state index in [2.05, 4.69) is 33.1 Å². The van der Waals surface area contributed by atoms with E-state index >= 15 is 0 Å². The highest BCUT2D eigenvalue weighted by Gasteiger charge is 2.32. The summed E-state index contributed by atoms with van der Waals surface area (Å²) in [6.45, 7) is 12.8. The van der Waals surface area contributed by atoms with Crippen molar-refractivity contribution >= 4 is 16.6 Å². The van der Waals surface area contributed by atoms with Crippen molar-refractivity contribution in [1.82, 2.24) is 0 Å². The molecular weight excluding hydrogens is 244 g/mol. The van der Waals surface area contributed by atoms with Crippen molar-refractivity contribution in [2.24, 2.45) is 0 Å². The van der Waals surface area contributed by atoms with Crippen molar-refractivity contribution in [1.29, 1.82) is 0 Å². The second kappa shape index (κ2) is 6.50. The van der Waals surface area contributed by atoms with E-state index in [0.29, 0.717) is 6.10 Å². The van der Waals surface area contributed by atoms with Crippen molar-refractivity contribution in [2.45, 2.75) is 77.0 Å². The fourth-order valence-corrected chi connectivity index (χ4v) is 11.5. The summed E-state index contributed by atoms with van der Waals surface area (Å²) < 4.78 is 11.8. The Morgan fingerprint density at radius 2 is 1.59 bits per heavy atom. The van der Waals surface area contributed by atoms with Crippen LogP contribution in [0.2, 0.25) is 38.3 Å². The molecule has 0 radical (unpaired) electrons. The molecule has 0 aliphatic carbocycles. The van der Waals surface area contributed by atoms with Crippen LogP contribution in [0.25, 0.3) is 0 Å². The maximum Gasteiger partial charge on any atom is 0.173 e. The van der Waals surface area contributed by atoms with Gasteiger partial charge in [-0.1, -0.05) is 26.2 Å². The molecule has 0 amide bonds. The van der Waals surface area contributed by atoms with Gasteiger partial charge in [-0.15, -0.1) is 0 Å². The van der Waals surface area contributed by atoms with Crippen molar-refractivity contribution in [2.75, 3.05) is 6.61 Å². The predicted octanol–water partition coefficient (Wildman–Crippen LogP) is 4.39. The summed E-state index contributed by atoms with van der Waals surface area (Å²) in [4.78, 5) is 0. The molecule has 2 nitrogen and oxygen atoms in total. The van der Waals surface area contributed by atoms with E-state index in [9.17, 15) is 0 Å². The second-order valence-electron chi connectivity index (χ2n) is 6.57. The lowest BCUT2D eigenvalue weighted by atomic mass is 10.3. The van der Waals surface area contributed by atoms with Crippen LogP contribution in [0, 0.1) is 0 Å². The van der Waals surface area contributed by atoms with Crippen molar-refractivity contribution in [3.05, 3.63) is 0 Å². The van der Waals surface area contributed by atoms with Crippen LogP contribution in [-0.2, 0) is 8.85 Å². The zero-order valence-electron chi connectivity index (χ0n) is 12.3. The minimum Gasteiger partial charge on any atom is -0.455 e. The van der Waals surface area contributed by atoms with E-state index in [1.54, 1.807) is 0 Å². The zero-order valence-corrected chi connectivity index (χ0v) is 14.3. The monoisotopic (exact) mass is 274 g/mol. The normalized spacial score (nSPS) is 20.6. The first-order chi connectivity index (χ1) is 7.85. The summed E-state index contributed by atoms with van der Waals surface area (Å²) in [5.74, 6) is 0. The quantitative estimate of drug-likeness (QED) is 0.459. The molecule has 1 aliphatic rings. The van der Waals surface area contributed by atoms with Gasteiger partial charge in [0.1, 0.15) is 0 Å². The minimum absolute atomic E-state index is 0.588. The highest BCUT2D eigenvalue weighted by Crippen LogP contribution is 2.26. The first kappa shape index (κ1) is 15.4. The molecular formula is C13H30O2Si2. The van der Waals surface area contributed by atoms with Gasteiger partial charge in [0.05, 0.1) is 12.7 Å². The molecule has 0 aromatic heterocycles. The van der Waals surface area contributed by atoms with E-state index in [1.165, 1.54) is 37.8 Å². The van der Waals surface area contributed by atoms with E-state index in [4.69, 9.17) is 8.85 Å². The first-order valence-electron chi connectivity index (χ1n) is 7.16. The third kappa shape index (κ3) is 7.39. The summed E-state index contributed by atoms with van der Waals surface area (Å²) in [6.07, 6.45) is 5.75. The zero-order chi connectivity index (χ0) is 12.9. The van der Waals surface area contributed by atoms with E-state index < -0.39 is 16.6 Å². The molecule has 1 aliphatic heterocycles. The Labute approximate surface area is 109 Å². The third-order valence-electron chi connectivity index (χ3n) is 3.39. The molecule has 102 valence electrons. The van der Waals surface area contributed by atoms with E-state index in [-0.39, 0.29) is 0 Å². The van der Waals surface area contributed by atoms with Gasteiger partial charge in [0.15, 0.2) is 16.6 Å². The number of rotatable bonds is 9. The van der Waals surface area contributed by atoms with Gasteiger partial charge in [-0.2, -0.15) is 0 Å². The molecule has 0 aromatic rings. The molecule has 1 fully saturated rings. The molecule has 1 saturated heterocycles. The van der Waals surface area contributed by atoms with E-state index in [0.717, 1.165) is 6.61 Å². The second-order valence-corrected chi connectivity index (χ2v) is 15.4. The van der Waals surface area contributed by atoms with Crippen LogP contribution >= 0.6 is 0 Å². The summed E-state index contributed by atoms with van der Waals surface area (Å²) in [5.41, 5.74) is 0. The van der Waals surface area contributed by atoms with Crippen LogP contribution in [0.5, 0.6) is 0 Å². The lowest BCUT2D eigenvalue weighted by Gasteiger charge is -2.34. The molecule has 1 heterocycles. The molecule has 0 aromatic carbocycles. The molecule has 1 atom stereocenters. The van der Waals surface area contributed by atoms with Crippen LogP contribution in [0.3, 0.4) is 0 Å². The smallest absolute Gasteiger partial charge is 0.173 e. The molecule has 1 unspecified atom stereocenters. The highest BCUT2D eigenvalue weighted by molar-refractivity contribution is 6.84. The van der Waals surface area contributed by atoms with Gasteiger partial charge < -0.3 is 8.85 Å². The predicted molar refractivity (Wildman–Crippen MR) is 79.5 cm³/mol. The van der Waals surface area contributed by atoms with Crippen molar-refractivity contribution in [3.63, 3.8) is 0 Å². The van der Waals surface area contributed by atoms with E-state index in [1.807, 2.05) is 0 Å². The average Bonchev–Trinajstić information content (AvgIpc) is 2.96. The lowest BCUT2D eigenvalue weighted by Crippen LogP contribution is -2.44. The molecule has 4 heteroatoms. The van der Waals surface area contributed by atoms with Gasteiger partial charge in [-0.25, -0.2) is 0 Å². The van der Waals surface area contributed by atoms with Crippen LogP contribution in [0.15, 0.2) is 0 Å². The third-order valence-corrected chi connectivity index (χ3v) is 10.9. The minimum atomic E-state index is -1.42. The number of hydrogen-bond acceptors (Lipinski definition) is 2. The maximum absolute atomic E-state index is 6.57. The fraction of sp³-hybridized carbons (Fsp3) is 1.00. The molecule has 0 saturated carbocycles. The van der Waals surface area contributed by atoms with Gasteiger partial charge >= 0.3 is 0 Å². The largest absolute Gasteiger partial charge is 0.455 e. The standard InChI is InChI=1S/C13H30O2Si2/c1-6-7-10-16(2,3)15-17(4,5)11-8-9-13-12-14-13/h13H,6-12H2,1-5H3. The van der Waals surface area contributed by atoms with Crippen molar-refractivity contribution in [3.8, 4) is 0 Å². The van der Waals surface area contributed by atoms with Gasteiger partial charge in [0.25, 0.3) is 0 Å². The van der Waals surface area contributed by atoms with Crippen LogP contribution in [0.1, 0.15) is 32.6 Å². The number of unbranched alkanes of at least 4 members (excludes halogenated alkanes) is 1. The molecule has 0 N–H and O–H groups in total.